The van der Waals surface area contributed by atoms with Gasteiger partial charge in [-0.3, -0.25) is 4.68 Å². The summed E-state index contributed by atoms with van der Waals surface area (Å²) in [6, 6.07) is 0. The number of ether oxygens (including phenoxy) is 1. The Labute approximate surface area is 93.0 Å². The highest BCUT2D eigenvalue weighted by atomic mass is 32.2. The Kier molecular flexibility index (Phi) is 3.00. The molecule has 0 saturated carbocycles. The number of aromatic nitrogens is 2. The normalized spacial score (nSPS) is 14.8. The van der Waals surface area contributed by atoms with Crippen LogP contribution >= 0.6 is 11.8 Å². The molecule has 2 heterocycles. The standard InChI is InChI=1S/C10H14N2O2S/c1-3-12-9(10(13)14-2)7-6-15-5-4-8(7)11-12/h3-6H2,1-2H3. The van der Waals surface area contributed by atoms with Crippen molar-refractivity contribution >= 4 is 17.7 Å². The number of hydrogen-bond acceptors (Lipinski definition) is 4. The largest absolute Gasteiger partial charge is 0.464 e. The Morgan fingerprint density at radius 2 is 2.47 bits per heavy atom. The zero-order valence-corrected chi connectivity index (χ0v) is 9.76. The molecule has 0 fully saturated rings. The maximum atomic E-state index is 11.6. The maximum absolute atomic E-state index is 11.6. The van der Waals surface area contributed by atoms with Crippen LogP contribution in [0, 0.1) is 0 Å². The van der Waals surface area contributed by atoms with Crippen molar-refractivity contribution in [3.63, 3.8) is 0 Å². The second-order valence-corrected chi connectivity index (χ2v) is 4.49. The molecule has 2 rings (SSSR count). The molecule has 0 spiro atoms. The summed E-state index contributed by atoms with van der Waals surface area (Å²) in [5.41, 5.74) is 2.78. The van der Waals surface area contributed by atoms with Crippen molar-refractivity contribution in [2.24, 2.45) is 0 Å². The van der Waals surface area contributed by atoms with Crippen LogP contribution < -0.4 is 0 Å². The summed E-state index contributed by atoms with van der Waals surface area (Å²) in [4.78, 5) is 11.6. The van der Waals surface area contributed by atoms with E-state index in [1.54, 1.807) is 4.68 Å². The van der Waals surface area contributed by atoms with Gasteiger partial charge in [-0.15, -0.1) is 0 Å². The van der Waals surface area contributed by atoms with E-state index in [-0.39, 0.29) is 5.97 Å². The monoisotopic (exact) mass is 226 g/mol. The highest BCUT2D eigenvalue weighted by molar-refractivity contribution is 7.98. The van der Waals surface area contributed by atoms with Gasteiger partial charge in [-0.25, -0.2) is 4.79 Å². The average Bonchev–Trinajstić information content (AvgIpc) is 2.66. The van der Waals surface area contributed by atoms with Gasteiger partial charge in [-0.1, -0.05) is 0 Å². The first kappa shape index (κ1) is 10.5. The minimum Gasteiger partial charge on any atom is -0.464 e. The molecule has 0 aliphatic carbocycles. The summed E-state index contributed by atoms with van der Waals surface area (Å²) in [6.07, 6.45) is 0.955. The molecule has 4 nitrogen and oxygen atoms in total. The van der Waals surface area contributed by atoms with Gasteiger partial charge in [-0.05, 0) is 12.7 Å². The zero-order valence-electron chi connectivity index (χ0n) is 8.95. The maximum Gasteiger partial charge on any atom is 0.356 e. The fraction of sp³-hybridized carbons (Fsp3) is 0.600. The fourth-order valence-electron chi connectivity index (χ4n) is 1.80. The van der Waals surface area contributed by atoms with Crippen LogP contribution in [0.2, 0.25) is 0 Å². The van der Waals surface area contributed by atoms with Crippen LogP contribution in [0.3, 0.4) is 0 Å². The van der Waals surface area contributed by atoms with Crippen LogP contribution in [0.25, 0.3) is 0 Å². The second-order valence-electron chi connectivity index (χ2n) is 3.38. The van der Waals surface area contributed by atoms with Crippen molar-refractivity contribution in [3.05, 3.63) is 17.0 Å². The third-order valence-corrected chi connectivity index (χ3v) is 3.53. The van der Waals surface area contributed by atoms with Crippen molar-refractivity contribution < 1.29 is 9.53 Å². The van der Waals surface area contributed by atoms with Crippen molar-refractivity contribution in [2.75, 3.05) is 12.9 Å². The van der Waals surface area contributed by atoms with Gasteiger partial charge < -0.3 is 4.74 Å². The van der Waals surface area contributed by atoms with Crippen LogP contribution in [-0.2, 0) is 23.5 Å². The van der Waals surface area contributed by atoms with Gasteiger partial charge in [0.05, 0.1) is 12.8 Å². The number of hydrogen-bond donors (Lipinski definition) is 0. The van der Waals surface area contributed by atoms with Crippen molar-refractivity contribution in [2.45, 2.75) is 25.6 Å². The number of rotatable bonds is 2. The lowest BCUT2D eigenvalue weighted by Crippen LogP contribution is -2.13. The number of fused-ring (bicyclic) bond motifs is 1. The minimum atomic E-state index is -0.270. The number of carbonyl (C=O) groups is 1. The van der Waals surface area contributed by atoms with Gasteiger partial charge in [0.1, 0.15) is 0 Å². The van der Waals surface area contributed by atoms with Crippen LogP contribution in [0.1, 0.15) is 28.7 Å². The third kappa shape index (κ3) is 1.76. The summed E-state index contributed by atoms with van der Waals surface area (Å²) >= 11 is 1.84. The van der Waals surface area contributed by atoms with Crippen LogP contribution in [-0.4, -0.2) is 28.6 Å². The number of aryl methyl sites for hydroxylation is 2. The SMILES string of the molecule is CCn1nc2c(c1C(=O)OC)CSCC2. The molecule has 0 amide bonds. The predicted octanol–water partition coefficient (Wildman–Crippen LogP) is 1.48. The summed E-state index contributed by atoms with van der Waals surface area (Å²) in [5, 5.41) is 4.44. The molecule has 1 aromatic heterocycles. The molecule has 0 saturated heterocycles. The first-order valence-corrected chi connectivity index (χ1v) is 6.18. The molecule has 0 radical (unpaired) electrons. The minimum absolute atomic E-state index is 0.270. The molecule has 0 bridgehead atoms. The lowest BCUT2D eigenvalue weighted by atomic mass is 10.1. The lowest BCUT2D eigenvalue weighted by molar-refractivity contribution is 0.0586. The van der Waals surface area contributed by atoms with Gasteiger partial charge in [-0.2, -0.15) is 16.9 Å². The first-order valence-electron chi connectivity index (χ1n) is 5.02. The molecule has 0 atom stereocenters. The van der Waals surface area contributed by atoms with Crippen molar-refractivity contribution in [3.8, 4) is 0 Å². The number of esters is 1. The second kappa shape index (κ2) is 4.26. The van der Waals surface area contributed by atoms with E-state index in [0.717, 1.165) is 29.2 Å². The zero-order chi connectivity index (χ0) is 10.8. The Morgan fingerprint density at radius 1 is 1.67 bits per heavy atom. The van der Waals surface area contributed by atoms with E-state index >= 15 is 0 Å². The summed E-state index contributed by atoms with van der Waals surface area (Å²) in [7, 11) is 1.41. The van der Waals surface area contributed by atoms with Crippen molar-refractivity contribution in [1.82, 2.24) is 9.78 Å². The average molecular weight is 226 g/mol. The van der Waals surface area contributed by atoms with E-state index < -0.39 is 0 Å². The van der Waals surface area contributed by atoms with Crippen molar-refractivity contribution in [1.29, 1.82) is 0 Å². The van der Waals surface area contributed by atoms with E-state index in [1.165, 1.54) is 7.11 Å². The van der Waals surface area contributed by atoms with Crippen LogP contribution in [0.15, 0.2) is 0 Å². The molecule has 1 aliphatic heterocycles. The summed E-state index contributed by atoms with van der Waals surface area (Å²) in [5.74, 6) is 1.70. The topological polar surface area (TPSA) is 44.1 Å². The number of thioether (sulfide) groups is 1. The molecule has 0 N–H and O–H groups in total. The number of nitrogens with zero attached hydrogens (tertiary/aromatic N) is 2. The van der Waals surface area contributed by atoms with Gasteiger partial charge in [0.25, 0.3) is 0 Å². The highest BCUT2D eigenvalue weighted by Gasteiger charge is 2.25. The van der Waals surface area contributed by atoms with Gasteiger partial charge in [0.15, 0.2) is 5.69 Å². The lowest BCUT2D eigenvalue weighted by Gasteiger charge is -2.09. The van der Waals surface area contributed by atoms with Gasteiger partial charge >= 0.3 is 5.97 Å². The molecule has 1 aromatic rings. The van der Waals surface area contributed by atoms with Gasteiger partial charge in [0, 0.05) is 24.3 Å². The Balaban J connectivity index is 2.49. The molecule has 82 valence electrons. The fourth-order valence-corrected chi connectivity index (χ4v) is 2.79. The van der Waals surface area contributed by atoms with E-state index in [0.29, 0.717) is 12.2 Å². The molecule has 15 heavy (non-hydrogen) atoms. The van der Waals surface area contributed by atoms with E-state index in [2.05, 4.69) is 5.10 Å². The molecular formula is C10H14N2O2S. The van der Waals surface area contributed by atoms with Gasteiger partial charge in [0.2, 0.25) is 0 Å². The smallest absolute Gasteiger partial charge is 0.356 e. The number of methoxy groups -OCH3 is 1. The predicted molar refractivity (Wildman–Crippen MR) is 59.1 cm³/mol. The number of carbonyl (C=O) groups excluding carboxylic acids is 1. The molecule has 5 heteroatoms. The first-order chi connectivity index (χ1) is 7.27. The summed E-state index contributed by atoms with van der Waals surface area (Å²) in [6.45, 7) is 2.69. The quantitative estimate of drug-likeness (QED) is 0.716. The highest BCUT2D eigenvalue weighted by Crippen LogP contribution is 2.27. The van der Waals surface area contributed by atoms with Crippen LogP contribution in [0.5, 0.6) is 0 Å². The van der Waals surface area contributed by atoms with Crippen LogP contribution in [0.4, 0.5) is 0 Å². The van der Waals surface area contributed by atoms with E-state index in [9.17, 15) is 4.79 Å². The molecule has 1 aliphatic rings. The Bertz CT molecular complexity index is 387. The summed E-state index contributed by atoms with van der Waals surface area (Å²) < 4.78 is 6.55. The Hall–Kier alpha value is -0.970. The molecule has 0 aromatic carbocycles. The molecular weight excluding hydrogens is 212 g/mol. The molecule has 0 unspecified atom stereocenters. The van der Waals surface area contributed by atoms with E-state index in [1.807, 2.05) is 18.7 Å². The van der Waals surface area contributed by atoms with E-state index in [4.69, 9.17) is 4.74 Å². The Morgan fingerprint density at radius 3 is 3.13 bits per heavy atom. The third-order valence-electron chi connectivity index (χ3n) is 2.54.